The fourth-order valence-electron chi connectivity index (χ4n) is 2.11. The highest BCUT2D eigenvalue weighted by Crippen LogP contribution is 2.42. The maximum Gasteiger partial charge on any atom is 0.179 e. The summed E-state index contributed by atoms with van der Waals surface area (Å²) in [6, 6.07) is 3.16. The highest BCUT2D eigenvalue weighted by atomic mass is 32.2. The van der Waals surface area contributed by atoms with Crippen LogP contribution in [0.3, 0.4) is 0 Å². The Balaban J connectivity index is 2.27. The fraction of sp³-hybridized carbons (Fsp3) is 0.583. The number of aliphatic hydroxyl groups is 1. The number of aromatic nitrogens is 1. The lowest BCUT2D eigenvalue weighted by molar-refractivity contribution is -0.0512. The van der Waals surface area contributed by atoms with Gasteiger partial charge in [0.2, 0.25) is 0 Å². The van der Waals surface area contributed by atoms with Crippen molar-refractivity contribution in [3.8, 4) is 0 Å². The molecule has 0 aromatic carbocycles. The summed E-state index contributed by atoms with van der Waals surface area (Å²) in [4.78, 5) is 4.28. The lowest BCUT2D eigenvalue weighted by Crippen LogP contribution is -2.57. The minimum absolute atomic E-state index is 0.0305. The number of hydrogen-bond acceptors (Lipinski definition) is 5. The lowest BCUT2D eigenvalue weighted by Gasteiger charge is -2.49. The van der Waals surface area contributed by atoms with E-state index in [0.717, 1.165) is 6.26 Å². The second-order valence-electron chi connectivity index (χ2n) is 5.39. The van der Waals surface area contributed by atoms with Gasteiger partial charge in [-0.2, -0.15) is 0 Å². The van der Waals surface area contributed by atoms with Gasteiger partial charge in [0.25, 0.3) is 0 Å². The van der Waals surface area contributed by atoms with Gasteiger partial charge in [-0.15, -0.1) is 0 Å². The molecule has 1 aliphatic rings. The van der Waals surface area contributed by atoms with Gasteiger partial charge in [-0.3, -0.25) is 0 Å². The van der Waals surface area contributed by atoms with Crippen molar-refractivity contribution < 1.29 is 13.5 Å². The average molecular weight is 270 g/mol. The first-order chi connectivity index (χ1) is 8.23. The summed E-state index contributed by atoms with van der Waals surface area (Å²) in [6.07, 6.45) is 2.96. The summed E-state index contributed by atoms with van der Waals surface area (Å²) in [5.74, 6) is 0.366. The molecule has 2 N–H and O–H groups in total. The quantitative estimate of drug-likeness (QED) is 0.858. The van der Waals surface area contributed by atoms with Crippen molar-refractivity contribution in [1.29, 1.82) is 0 Å². The van der Waals surface area contributed by atoms with Crippen LogP contribution in [0.25, 0.3) is 0 Å². The molecule has 1 fully saturated rings. The Bertz CT molecular complexity index is 554. The second-order valence-corrected chi connectivity index (χ2v) is 7.38. The predicted octanol–water partition coefficient (Wildman–Crippen LogP) is 1.06. The van der Waals surface area contributed by atoms with Crippen molar-refractivity contribution in [3.63, 3.8) is 0 Å². The van der Waals surface area contributed by atoms with Gasteiger partial charge in [0.05, 0.1) is 6.10 Å². The molecule has 0 radical (unpaired) electrons. The molecule has 2 unspecified atom stereocenters. The van der Waals surface area contributed by atoms with Gasteiger partial charge < -0.3 is 10.4 Å². The van der Waals surface area contributed by atoms with Gasteiger partial charge in [0.15, 0.2) is 9.84 Å². The van der Waals surface area contributed by atoms with E-state index in [1.54, 1.807) is 12.3 Å². The summed E-state index contributed by atoms with van der Waals surface area (Å²) in [6.45, 7) is 3.89. The van der Waals surface area contributed by atoms with E-state index in [1.165, 1.54) is 6.07 Å². The molecule has 2 rings (SSSR count). The highest BCUT2D eigenvalue weighted by Gasteiger charge is 2.47. The molecule has 1 saturated carbocycles. The third kappa shape index (κ3) is 2.22. The number of hydrogen-bond donors (Lipinski definition) is 2. The summed E-state index contributed by atoms with van der Waals surface area (Å²) in [5, 5.41) is 12.8. The monoisotopic (exact) mass is 270 g/mol. The molecule has 5 nitrogen and oxygen atoms in total. The smallest absolute Gasteiger partial charge is 0.179 e. The Hall–Kier alpha value is -1.14. The van der Waals surface area contributed by atoms with Crippen LogP contribution in [0.15, 0.2) is 23.2 Å². The van der Waals surface area contributed by atoms with E-state index < -0.39 is 9.84 Å². The van der Waals surface area contributed by atoms with Crippen molar-refractivity contribution in [2.24, 2.45) is 5.41 Å². The highest BCUT2D eigenvalue weighted by molar-refractivity contribution is 7.90. The minimum Gasteiger partial charge on any atom is -0.392 e. The molecule has 100 valence electrons. The van der Waals surface area contributed by atoms with E-state index >= 15 is 0 Å². The molecule has 2 atom stereocenters. The van der Waals surface area contributed by atoms with Crippen LogP contribution in [-0.4, -0.2) is 36.9 Å². The normalized spacial score (nSPS) is 26.4. The molecule has 0 saturated heterocycles. The van der Waals surface area contributed by atoms with Crippen LogP contribution in [0, 0.1) is 5.41 Å². The Kier molecular flexibility index (Phi) is 3.11. The Labute approximate surface area is 107 Å². The standard InChI is InChI=1S/C12H18N2O3S/c1-12(2)9(7-10(12)15)14-11-8(18(3,16)17)5-4-6-13-11/h4-6,9-10,15H,7H2,1-3H3,(H,13,14). The van der Waals surface area contributed by atoms with E-state index in [0.29, 0.717) is 12.2 Å². The molecule has 0 bridgehead atoms. The number of nitrogens with zero attached hydrogens (tertiary/aromatic N) is 1. The Morgan fingerprint density at radius 2 is 2.17 bits per heavy atom. The number of nitrogens with one attached hydrogen (secondary N) is 1. The molecular weight excluding hydrogens is 252 g/mol. The molecule has 6 heteroatoms. The van der Waals surface area contributed by atoms with Crippen LogP contribution in [0.4, 0.5) is 5.82 Å². The molecule has 0 spiro atoms. The first kappa shape index (κ1) is 13.3. The minimum atomic E-state index is -3.30. The summed E-state index contributed by atoms with van der Waals surface area (Å²) in [7, 11) is -3.30. The van der Waals surface area contributed by atoms with Gasteiger partial charge in [-0.1, -0.05) is 13.8 Å². The Morgan fingerprint density at radius 3 is 2.67 bits per heavy atom. The van der Waals surface area contributed by atoms with Crippen molar-refractivity contribution in [2.45, 2.75) is 37.3 Å². The van der Waals surface area contributed by atoms with Crippen molar-refractivity contribution in [2.75, 3.05) is 11.6 Å². The van der Waals surface area contributed by atoms with Gasteiger partial charge >= 0.3 is 0 Å². The SMILES string of the molecule is CC1(C)C(O)CC1Nc1ncccc1S(C)(=O)=O. The number of anilines is 1. The summed E-state index contributed by atoms with van der Waals surface area (Å²) < 4.78 is 23.3. The predicted molar refractivity (Wildman–Crippen MR) is 69.2 cm³/mol. The third-order valence-electron chi connectivity index (χ3n) is 3.70. The maximum absolute atomic E-state index is 11.6. The van der Waals surface area contributed by atoms with E-state index in [4.69, 9.17) is 0 Å². The van der Waals surface area contributed by atoms with Gasteiger partial charge in [-0.25, -0.2) is 13.4 Å². The first-order valence-corrected chi connectivity index (χ1v) is 7.71. The zero-order chi connectivity index (χ0) is 13.6. The first-order valence-electron chi connectivity index (χ1n) is 5.82. The number of pyridine rings is 1. The summed E-state index contributed by atoms with van der Waals surface area (Å²) >= 11 is 0. The zero-order valence-corrected chi connectivity index (χ0v) is 11.5. The molecule has 0 aliphatic heterocycles. The van der Waals surface area contributed by atoms with Crippen molar-refractivity contribution >= 4 is 15.7 Å². The van der Waals surface area contributed by atoms with E-state index in [9.17, 15) is 13.5 Å². The molecule has 0 amide bonds. The van der Waals surface area contributed by atoms with Crippen LogP contribution in [-0.2, 0) is 9.84 Å². The number of sulfone groups is 1. The van der Waals surface area contributed by atoms with Crippen molar-refractivity contribution in [3.05, 3.63) is 18.3 Å². The zero-order valence-electron chi connectivity index (χ0n) is 10.7. The van der Waals surface area contributed by atoms with Crippen LogP contribution < -0.4 is 5.32 Å². The number of aliphatic hydroxyl groups excluding tert-OH is 1. The van der Waals surface area contributed by atoms with Crippen LogP contribution in [0.1, 0.15) is 20.3 Å². The van der Waals surface area contributed by atoms with Crippen LogP contribution in [0.5, 0.6) is 0 Å². The van der Waals surface area contributed by atoms with E-state index in [2.05, 4.69) is 10.3 Å². The Morgan fingerprint density at radius 1 is 1.50 bits per heavy atom. The molecule has 1 aromatic rings. The van der Waals surface area contributed by atoms with Gasteiger partial charge in [-0.05, 0) is 18.6 Å². The molecule has 1 heterocycles. The van der Waals surface area contributed by atoms with Gasteiger partial charge in [0.1, 0.15) is 10.7 Å². The van der Waals surface area contributed by atoms with E-state index in [1.807, 2.05) is 13.8 Å². The van der Waals surface area contributed by atoms with E-state index in [-0.39, 0.29) is 22.5 Å². The molecule has 18 heavy (non-hydrogen) atoms. The molecular formula is C12H18N2O3S. The van der Waals surface area contributed by atoms with Crippen LogP contribution >= 0.6 is 0 Å². The van der Waals surface area contributed by atoms with Crippen molar-refractivity contribution in [1.82, 2.24) is 4.98 Å². The molecule has 1 aromatic heterocycles. The average Bonchev–Trinajstić information content (AvgIpc) is 2.28. The van der Waals surface area contributed by atoms with Gasteiger partial charge in [0, 0.05) is 23.9 Å². The number of rotatable bonds is 3. The maximum atomic E-state index is 11.6. The topological polar surface area (TPSA) is 79.3 Å². The third-order valence-corrected chi connectivity index (χ3v) is 4.83. The fourth-order valence-corrected chi connectivity index (χ4v) is 2.90. The summed E-state index contributed by atoms with van der Waals surface area (Å²) in [5.41, 5.74) is -0.272. The largest absolute Gasteiger partial charge is 0.392 e. The molecule has 1 aliphatic carbocycles. The second kappa shape index (κ2) is 4.20. The van der Waals surface area contributed by atoms with Crippen LogP contribution in [0.2, 0.25) is 0 Å². The lowest BCUT2D eigenvalue weighted by atomic mass is 9.64.